The molecule has 1 N–H and O–H groups in total. The molecule has 0 bridgehead atoms. The van der Waals surface area contributed by atoms with Crippen LogP contribution in [0.25, 0.3) is 16.2 Å². The number of carbonyl (C=O) groups is 1. The molecule has 1 amide bonds. The molecule has 3 heterocycles. The molecule has 26 heavy (non-hydrogen) atoms. The van der Waals surface area contributed by atoms with Crippen LogP contribution in [0, 0.1) is 6.92 Å². The van der Waals surface area contributed by atoms with Crippen LogP contribution >= 0.6 is 11.3 Å². The third kappa shape index (κ3) is 3.15. The number of aromatic nitrogens is 2. The molecule has 1 aromatic carbocycles. The van der Waals surface area contributed by atoms with Crippen LogP contribution in [-0.4, -0.2) is 34.5 Å². The Morgan fingerprint density at radius 1 is 1.38 bits per heavy atom. The lowest BCUT2D eigenvalue weighted by Crippen LogP contribution is -2.36. The monoisotopic (exact) mass is 369 g/mol. The SMILES string of the molecule is Cc1ccc(-c2csc3ncc(C(=O)NCC4CCCO4)c(=O)n23)cc1. The van der Waals surface area contributed by atoms with Gasteiger partial charge in [0.25, 0.3) is 11.5 Å². The average molecular weight is 369 g/mol. The molecule has 1 atom stereocenters. The maximum atomic E-state index is 12.9. The number of rotatable bonds is 4. The van der Waals surface area contributed by atoms with E-state index in [2.05, 4.69) is 10.3 Å². The van der Waals surface area contributed by atoms with E-state index in [1.807, 2.05) is 36.6 Å². The number of carbonyl (C=O) groups excluding carboxylic acids is 1. The largest absolute Gasteiger partial charge is 0.376 e. The molecule has 7 heteroatoms. The summed E-state index contributed by atoms with van der Waals surface area (Å²) >= 11 is 1.38. The van der Waals surface area contributed by atoms with Crippen LogP contribution in [0.5, 0.6) is 0 Å². The highest BCUT2D eigenvalue weighted by atomic mass is 32.1. The van der Waals surface area contributed by atoms with Crippen LogP contribution in [0.2, 0.25) is 0 Å². The molecular weight excluding hydrogens is 350 g/mol. The number of amides is 1. The van der Waals surface area contributed by atoms with Gasteiger partial charge in [0.1, 0.15) is 5.56 Å². The van der Waals surface area contributed by atoms with Gasteiger partial charge in [0, 0.05) is 24.7 Å². The molecule has 0 saturated carbocycles. The molecule has 3 aromatic rings. The zero-order valence-electron chi connectivity index (χ0n) is 14.4. The Hall–Kier alpha value is -2.51. The van der Waals surface area contributed by atoms with E-state index < -0.39 is 5.91 Å². The van der Waals surface area contributed by atoms with Crippen molar-refractivity contribution in [3.05, 3.63) is 57.3 Å². The van der Waals surface area contributed by atoms with E-state index in [-0.39, 0.29) is 17.2 Å². The predicted molar refractivity (Wildman–Crippen MR) is 101 cm³/mol. The van der Waals surface area contributed by atoms with Gasteiger partial charge in [-0.15, -0.1) is 11.3 Å². The number of ether oxygens (including phenoxy) is 1. The van der Waals surface area contributed by atoms with Gasteiger partial charge in [0.2, 0.25) is 0 Å². The van der Waals surface area contributed by atoms with Gasteiger partial charge in [-0.1, -0.05) is 29.8 Å². The maximum absolute atomic E-state index is 12.9. The van der Waals surface area contributed by atoms with Gasteiger partial charge in [-0.05, 0) is 25.3 Å². The fourth-order valence-corrected chi connectivity index (χ4v) is 3.94. The Morgan fingerprint density at radius 2 is 2.19 bits per heavy atom. The van der Waals surface area contributed by atoms with Crippen molar-refractivity contribution in [3.63, 3.8) is 0 Å². The topological polar surface area (TPSA) is 72.7 Å². The lowest BCUT2D eigenvalue weighted by atomic mass is 10.1. The first kappa shape index (κ1) is 16.9. The number of aryl methyl sites for hydroxylation is 1. The van der Waals surface area contributed by atoms with E-state index in [0.717, 1.165) is 36.3 Å². The number of benzene rings is 1. The summed E-state index contributed by atoms with van der Waals surface area (Å²) in [5.74, 6) is -0.409. The van der Waals surface area contributed by atoms with Crippen LogP contribution in [0.3, 0.4) is 0 Å². The molecule has 0 aliphatic carbocycles. The minimum Gasteiger partial charge on any atom is -0.376 e. The molecule has 1 fully saturated rings. The van der Waals surface area contributed by atoms with E-state index in [1.54, 1.807) is 0 Å². The summed E-state index contributed by atoms with van der Waals surface area (Å²) in [7, 11) is 0. The van der Waals surface area contributed by atoms with Gasteiger partial charge in [-0.2, -0.15) is 0 Å². The second-order valence-electron chi connectivity index (χ2n) is 6.43. The highest BCUT2D eigenvalue weighted by molar-refractivity contribution is 7.15. The van der Waals surface area contributed by atoms with Gasteiger partial charge in [0.15, 0.2) is 4.96 Å². The van der Waals surface area contributed by atoms with Gasteiger partial charge in [-0.25, -0.2) is 4.98 Å². The molecule has 1 unspecified atom stereocenters. The highest BCUT2D eigenvalue weighted by Gasteiger charge is 2.20. The average Bonchev–Trinajstić information content (AvgIpc) is 3.31. The van der Waals surface area contributed by atoms with Crippen LogP contribution in [-0.2, 0) is 4.74 Å². The Kier molecular flexibility index (Phi) is 4.57. The van der Waals surface area contributed by atoms with E-state index >= 15 is 0 Å². The zero-order chi connectivity index (χ0) is 18.1. The number of nitrogens with one attached hydrogen (secondary N) is 1. The fourth-order valence-electron chi connectivity index (χ4n) is 3.08. The second kappa shape index (κ2) is 7.01. The summed E-state index contributed by atoms with van der Waals surface area (Å²) in [6.07, 6.45) is 3.32. The molecule has 1 aliphatic rings. The second-order valence-corrected chi connectivity index (χ2v) is 7.26. The quantitative estimate of drug-likeness (QED) is 0.767. The number of hydrogen-bond donors (Lipinski definition) is 1. The van der Waals surface area contributed by atoms with Crippen LogP contribution in [0.15, 0.2) is 40.6 Å². The molecular formula is C19H19N3O3S. The molecule has 2 aromatic heterocycles. The summed E-state index contributed by atoms with van der Waals surface area (Å²) < 4.78 is 7.01. The lowest BCUT2D eigenvalue weighted by Gasteiger charge is -2.10. The van der Waals surface area contributed by atoms with Gasteiger partial charge >= 0.3 is 0 Å². The van der Waals surface area contributed by atoms with Crippen molar-refractivity contribution in [1.82, 2.24) is 14.7 Å². The Morgan fingerprint density at radius 3 is 2.92 bits per heavy atom. The fraction of sp³-hybridized carbons (Fsp3) is 0.316. The smallest absolute Gasteiger partial charge is 0.271 e. The summed E-state index contributed by atoms with van der Waals surface area (Å²) in [4.78, 5) is 30.3. The van der Waals surface area contributed by atoms with Crippen LogP contribution in [0.4, 0.5) is 0 Å². The first-order valence-electron chi connectivity index (χ1n) is 8.59. The molecule has 6 nitrogen and oxygen atoms in total. The number of nitrogens with zero attached hydrogens (tertiary/aromatic N) is 2. The Bertz CT molecular complexity index is 1000. The van der Waals surface area contributed by atoms with Crippen LogP contribution < -0.4 is 10.9 Å². The van der Waals surface area contributed by atoms with Crippen molar-refractivity contribution in [3.8, 4) is 11.3 Å². The molecule has 134 valence electrons. The van der Waals surface area contributed by atoms with Crippen molar-refractivity contribution in [2.45, 2.75) is 25.9 Å². The van der Waals surface area contributed by atoms with E-state index in [0.29, 0.717) is 11.5 Å². The van der Waals surface area contributed by atoms with Gasteiger partial charge < -0.3 is 10.1 Å². The first-order chi connectivity index (χ1) is 12.6. The zero-order valence-corrected chi connectivity index (χ0v) is 15.2. The third-order valence-electron chi connectivity index (χ3n) is 4.55. The van der Waals surface area contributed by atoms with Crippen molar-refractivity contribution < 1.29 is 9.53 Å². The normalized spacial score (nSPS) is 16.9. The van der Waals surface area contributed by atoms with Crippen molar-refractivity contribution >= 4 is 22.2 Å². The van der Waals surface area contributed by atoms with E-state index in [1.165, 1.54) is 21.9 Å². The first-order valence-corrected chi connectivity index (χ1v) is 9.47. The highest BCUT2D eigenvalue weighted by Crippen LogP contribution is 2.24. The summed E-state index contributed by atoms with van der Waals surface area (Å²) in [6, 6.07) is 7.92. The van der Waals surface area contributed by atoms with E-state index in [9.17, 15) is 9.59 Å². The summed E-state index contributed by atoms with van der Waals surface area (Å²) in [5, 5.41) is 4.68. The molecule has 4 rings (SSSR count). The standard InChI is InChI=1S/C19H19N3O3S/c1-12-4-6-13(7-5-12)16-11-26-19-21-10-15(18(24)22(16)19)17(23)20-9-14-3-2-8-25-14/h4-7,10-11,14H,2-3,8-9H2,1H3,(H,20,23). The van der Waals surface area contributed by atoms with Gasteiger partial charge in [-0.3, -0.25) is 14.0 Å². The molecule has 0 radical (unpaired) electrons. The Balaban J connectivity index is 1.67. The Labute approximate surface area is 154 Å². The summed E-state index contributed by atoms with van der Waals surface area (Å²) in [6.45, 7) is 3.15. The van der Waals surface area contributed by atoms with E-state index in [4.69, 9.17) is 4.74 Å². The van der Waals surface area contributed by atoms with Crippen LogP contribution in [0.1, 0.15) is 28.8 Å². The molecule has 0 spiro atoms. The van der Waals surface area contributed by atoms with Gasteiger partial charge in [0.05, 0.1) is 11.8 Å². The number of hydrogen-bond acceptors (Lipinski definition) is 5. The summed E-state index contributed by atoms with van der Waals surface area (Å²) in [5.41, 5.74) is 2.51. The van der Waals surface area contributed by atoms with Crippen molar-refractivity contribution in [2.24, 2.45) is 0 Å². The number of fused-ring (bicyclic) bond motifs is 1. The lowest BCUT2D eigenvalue weighted by molar-refractivity contribution is 0.0856. The van der Waals surface area contributed by atoms with Crippen molar-refractivity contribution in [1.29, 1.82) is 0 Å². The minimum atomic E-state index is -0.409. The number of thiazole rings is 1. The maximum Gasteiger partial charge on any atom is 0.271 e. The molecule has 1 saturated heterocycles. The minimum absolute atomic E-state index is 0.0302. The molecule has 1 aliphatic heterocycles. The van der Waals surface area contributed by atoms with Crippen molar-refractivity contribution in [2.75, 3.05) is 13.2 Å². The predicted octanol–water partition coefficient (Wildman–Crippen LogP) is 2.64. The third-order valence-corrected chi connectivity index (χ3v) is 5.39.